The molecule has 2 aromatic carbocycles. The molecule has 11 nitrogen and oxygen atoms in total. The summed E-state index contributed by atoms with van der Waals surface area (Å²) in [4.78, 5) is 36.8. The molecule has 1 amide bonds. The van der Waals surface area contributed by atoms with Gasteiger partial charge in [-0.05, 0) is 37.6 Å². The van der Waals surface area contributed by atoms with Gasteiger partial charge >= 0.3 is 0 Å². The minimum Gasteiger partial charge on any atom is -0.399 e. The number of nitrogens with one attached hydrogen (secondary N) is 3. The van der Waals surface area contributed by atoms with Crippen molar-refractivity contribution in [2.45, 2.75) is 33.0 Å². The number of amidine groups is 1. The van der Waals surface area contributed by atoms with E-state index in [4.69, 9.17) is 16.9 Å². The molecule has 11 heteroatoms. The number of aromatic nitrogens is 1. The fourth-order valence-electron chi connectivity index (χ4n) is 3.50. The number of nitro groups is 1. The van der Waals surface area contributed by atoms with Gasteiger partial charge in [-0.1, -0.05) is 24.3 Å². The standard InChI is InChI=1S/C24H27N7O4/c1-14(2)29-20-7-8-21(17-9-18(25)11-19(10-17)31(34)35)30(24(20)33)13-22(32)28-12-15-3-5-16(6-4-15)23(26)27/h3-11,14,29H,12-13,25H2,1-2H3,(H3,26,27)(H,28,32). The van der Waals surface area contributed by atoms with Crippen molar-refractivity contribution in [1.82, 2.24) is 9.88 Å². The van der Waals surface area contributed by atoms with Crippen LogP contribution in [0.2, 0.25) is 0 Å². The molecule has 0 atom stereocenters. The lowest BCUT2D eigenvalue weighted by atomic mass is 10.1. The Morgan fingerprint density at radius 3 is 2.43 bits per heavy atom. The molecule has 0 aliphatic rings. The predicted molar refractivity (Wildman–Crippen MR) is 135 cm³/mol. The van der Waals surface area contributed by atoms with Gasteiger partial charge in [0.15, 0.2) is 0 Å². The lowest BCUT2D eigenvalue weighted by Gasteiger charge is -2.17. The van der Waals surface area contributed by atoms with Crippen molar-refractivity contribution in [3.63, 3.8) is 0 Å². The summed E-state index contributed by atoms with van der Waals surface area (Å²) >= 11 is 0. The van der Waals surface area contributed by atoms with Gasteiger partial charge in [-0.3, -0.25) is 29.7 Å². The number of carbonyl (C=O) groups excluding carboxylic acids is 1. The van der Waals surface area contributed by atoms with Crippen molar-refractivity contribution in [2.24, 2.45) is 5.73 Å². The zero-order valence-electron chi connectivity index (χ0n) is 19.4. The molecule has 1 aromatic heterocycles. The van der Waals surface area contributed by atoms with Gasteiger partial charge in [0.1, 0.15) is 18.1 Å². The smallest absolute Gasteiger partial charge is 0.274 e. The normalized spacial score (nSPS) is 10.7. The van der Waals surface area contributed by atoms with Gasteiger partial charge in [0.05, 0.1) is 10.6 Å². The number of nitrogens with two attached hydrogens (primary N) is 2. The summed E-state index contributed by atoms with van der Waals surface area (Å²) in [6, 6.07) is 14.1. The van der Waals surface area contributed by atoms with Gasteiger partial charge in [-0.15, -0.1) is 0 Å². The number of benzene rings is 2. The highest BCUT2D eigenvalue weighted by Gasteiger charge is 2.17. The third kappa shape index (κ3) is 6.22. The average Bonchev–Trinajstić information content (AvgIpc) is 2.80. The lowest BCUT2D eigenvalue weighted by Crippen LogP contribution is -2.34. The number of amides is 1. The first-order valence-corrected chi connectivity index (χ1v) is 10.8. The van der Waals surface area contributed by atoms with E-state index in [1.54, 1.807) is 36.4 Å². The van der Waals surface area contributed by atoms with E-state index in [0.29, 0.717) is 22.5 Å². The number of carbonyl (C=O) groups is 1. The second-order valence-corrected chi connectivity index (χ2v) is 8.28. The molecular formula is C24H27N7O4. The molecule has 35 heavy (non-hydrogen) atoms. The van der Waals surface area contributed by atoms with Gasteiger partial charge in [0.25, 0.3) is 11.2 Å². The zero-order chi connectivity index (χ0) is 25.7. The monoisotopic (exact) mass is 477 g/mol. The van der Waals surface area contributed by atoms with Crippen molar-refractivity contribution in [3.8, 4) is 11.3 Å². The fraction of sp³-hybridized carbons (Fsp3) is 0.208. The number of pyridine rings is 1. The number of non-ortho nitro benzene ring substituents is 1. The van der Waals surface area contributed by atoms with Crippen molar-refractivity contribution in [2.75, 3.05) is 11.1 Å². The van der Waals surface area contributed by atoms with E-state index in [0.717, 1.165) is 5.56 Å². The highest BCUT2D eigenvalue weighted by atomic mass is 16.6. The van der Waals surface area contributed by atoms with Crippen molar-refractivity contribution in [1.29, 1.82) is 5.41 Å². The average molecular weight is 478 g/mol. The summed E-state index contributed by atoms with van der Waals surface area (Å²) in [5.41, 5.74) is 13.1. The number of nitrogens with zero attached hydrogens (tertiary/aromatic N) is 2. The van der Waals surface area contributed by atoms with E-state index < -0.39 is 16.4 Å². The van der Waals surface area contributed by atoms with Gasteiger partial charge in [0, 0.05) is 41.5 Å². The predicted octanol–water partition coefficient (Wildman–Crippen LogP) is 2.43. The zero-order valence-corrected chi connectivity index (χ0v) is 19.4. The van der Waals surface area contributed by atoms with E-state index in [2.05, 4.69) is 10.6 Å². The minimum atomic E-state index is -0.568. The molecule has 0 aliphatic heterocycles. The summed E-state index contributed by atoms with van der Waals surface area (Å²) in [5, 5.41) is 24.6. The molecule has 7 N–H and O–H groups in total. The quantitative estimate of drug-likeness (QED) is 0.103. The van der Waals surface area contributed by atoms with E-state index in [9.17, 15) is 19.7 Å². The Labute approximate surface area is 201 Å². The minimum absolute atomic E-state index is 0.0257. The molecule has 1 heterocycles. The van der Waals surface area contributed by atoms with E-state index in [1.165, 1.54) is 22.8 Å². The van der Waals surface area contributed by atoms with Crippen LogP contribution in [0, 0.1) is 15.5 Å². The van der Waals surface area contributed by atoms with Crippen molar-refractivity contribution < 1.29 is 9.72 Å². The Balaban J connectivity index is 1.92. The van der Waals surface area contributed by atoms with Crippen molar-refractivity contribution >= 4 is 28.8 Å². The first-order chi connectivity index (χ1) is 16.5. The molecule has 0 spiro atoms. The molecule has 0 unspecified atom stereocenters. The molecule has 3 rings (SSSR count). The molecule has 3 aromatic rings. The fourth-order valence-corrected chi connectivity index (χ4v) is 3.50. The van der Waals surface area contributed by atoms with Crippen LogP contribution in [0.5, 0.6) is 0 Å². The van der Waals surface area contributed by atoms with Crippen LogP contribution in [0.4, 0.5) is 17.1 Å². The van der Waals surface area contributed by atoms with E-state index >= 15 is 0 Å². The van der Waals surface area contributed by atoms with Crippen molar-refractivity contribution in [3.05, 3.63) is 86.2 Å². The van der Waals surface area contributed by atoms with Crippen LogP contribution in [0.3, 0.4) is 0 Å². The molecule has 0 aliphatic carbocycles. The van der Waals surface area contributed by atoms with Crippen LogP contribution >= 0.6 is 0 Å². The number of hydrogen-bond acceptors (Lipinski definition) is 7. The Bertz CT molecular complexity index is 1330. The number of anilines is 2. The summed E-state index contributed by atoms with van der Waals surface area (Å²) in [5.74, 6) is -0.478. The number of nitrogen functional groups attached to an aromatic ring is 2. The number of hydrogen-bond donors (Lipinski definition) is 5. The first-order valence-electron chi connectivity index (χ1n) is 10.8. The lowest BCUT2D eigenvalue weighted by molar-refractivity contribution is -0.384. The Morgan fingerprint density at radius 1 is 1.14 bits per heavy atom. The van der Waals surface area contributed by atoms with E-state index in [-0.39, 0.29) is 36.3 Å². The molecule has 0 fully saturated rings. The maximum Gasteiger partial charge on any atom is 0.274 e. The summed E-state index contributed by atoms with van der Waals surface area (Å²) in [7, 11) is 0. The molecule has 182 valence electrons. The highest BCUT2D eigenvalue weighted by molar-refractivity contribution is 5.94. The second-order valence-electron chi connectivity index (χ2n) is 8.28. The number of nitro benzene ring substituents is 1. The van der Waals surface area contributed by atoms with Gasteiger partial charge in [-0.2, -0.15) is 0 Å². The molecule has 0 bridgehead atoms. The summed E-state index contributed by atoms with van der Waals surface area (Å²) in [6.45, 7) is 3.65. The Kier molecular flexibility index (Phi) is 7.49. The molecular weight excluding hydrogens is 450 g/mol. The van der Waals surface area contributed by atoms with Gasteiger partial charge in [-0.25, -0.2) is 0 Å². The Hall–Kier alpha value is -4.67. The number of rotatable bonds is 9. The van der Waals surface area contributed by atoms with Crippen LogP contribution in [0.1, 0.15) is 25.0 Å². The van der Waals surface area contributed by atoms with Crippen LogP contribution in [0.25, 0.3) is 11.3 Å². The van der Waals surface area contributed by atoms with Crippen LogP contribution in [-0.2, 0) is 17.9 Å². The second kappa shape index (κ2) is 10.5. The van der Waals surface area contributed by atoms with E-state index in [1.807, 2.05) is 13.8 Å². The summed E-state index contributed by atoms with van der Waals surface area (Å²) in [6.07, 6.45) is 0. The van der Waals surface area contributed by atoms with Crippen LogP contribution in [0.15, 0.2) is 59.4 Å². The molecule has 0 radical (unpaired) electrons. The van der Waals surface area contributed by atoms with Crippen LogP contribution < -0.4 is 27.7 Å². The third-order valence-corrected chi connectivity index (χ3v) is 5.12. The van der Waals surface area contributed by atoms with Crippen LogP contribution in [-0.4, -0.2) is 27.3 Å². The molecule has 0 saturated heterocycles. The first kappa shape index (κ1) is 25.0. The summed E-state index contributed by atoms with van der Waals surface area (Å²) < 4.78 is 1.26. The SMILES string of the molecule is CC(C)Nc1ccc(-c2cc(N)cc([N+](=O)[O-])c2)n(CC(=O)NCc2ccc(C(=N)N)cc2)c1=O. The third-order valence-electron chi connectivity index (χ3n) is 5.12. The largest absolute Gasteiger partial charge is 0.399 e. The maximum absolute atomic E-state index is 13.2. The highest BCUT2D eigenvalue weighted by Crippen LogP contribution is 2.27. The molecule has 0 saturated carbocycles. The van der Waals surface area contributed by atoms with Gasteiger partial charge < -0.3 is 22.1 Å². The maximum atomic E-state index is 13.2. The van der Waals surface area contributed by atoms with Gasteiger partial charge in [0.2, 0.25) is 5.91 Å². The Morgan fingerprint density at radius 2 is 1.83 bits per heavy atom. The topological polar surface area (TPSA) is 182 Å².